The lowest BCUT2D eigenvalue weighted by Crippen LogP contribution is -2.40. The molecule has 2 aromatic heterocycles. The molecule has 0 saturated carbocycles. The van der Waals surface area contributed by atoms with Gasteiger partial charge in [0.2, 0.25) is 0 Å². The van der Waals surface area contributed by atoms with Gasteiger partial charge in [-0.2, -0.15) is 13.2 Å². The molecule has 1 N–H and O–H groups in total. The van der Waals surface area contributed by atoms with E-state index >= 15 is 0 Å². The maximum atomic E-state index is 14.8. The molecule has 2 fully saturated rings. The molecule has 34 heavy (non-hydrogen) atoms. The van der Waals surface area contributed by atoms with Crippen molar-refractivity contribution in [2.45, 2.75) is 43.6 Å². The van der Waals surface area contributed by atoms with Crippen molar-refractivity contribution in [2.75, 3.05) is 5.32 Å². The van der Waals surface area contributed by atoms with E-state index < -0.39 is 17.6 Å². The fourth-order valence-corrected chi connectivity index (χ4v) is 5.05. The summed E-state index contributed by atoms with van der Waals surface area (Å²) in [6.45, 7) is 0. The van der Waals surface area contributed by atoms with Gasteiger partial charge in [-0.1, -0.05) is 17.7 Å². The summed E-state index contributed by atoms with van der Waals surface area (Å²) in [6.07, 6.45) is 1.17. The van der Waals surface area contributed by atoms with Crippen molar-refractivity contribution in [1.29, 1.82) is 0 Å². The molecular weight excluding hydrogens is 474 g/mol. The topological polar surface area (TPSA) is 71.0 Å². The first-order chi connectivity index (χ1) is 16.2. The molecule has 176 valence electrons. The molecule has 3 atom stereocenters. The first-order valence-corrected chi connectivity index (χ1v) is 11.0. The second kappa shape index (κ2) is 8.50. The zero-order chi connectivity index (χ0) is 24.0. The molecule has 11 heteroatoms. The van der Waals surface area contributed by atoms with Crippen LogP contribution in [-0.4, -0.2) is 43.9 Å². The highest BCUT2D eigenvalue weighted by Crippen LogP contribution is 2.42. The number of halogens is 5. The molecule has 3 aromatic rings. The molecule has 1 amide bonds. The second-order valence-corrected chi connectivity index (χ2v) is 8.69. The van der Waals surface area contributed by atoms with Crippen molar-refractivity contribution in [2.24, 2.45) is 0 Å². The Hall–Kier alpha value is -3.27. The van der Waals surface area contributed by atoms with Crippen molar-refractivity contribution < 1.29 is 22.4 Å². The van der Waals surface area contributed by atoms with Gasteiger partial charge in [-0.15, -0.1) is 0 Å². The van der Waals surface area contributed by atoms with E-state index in [1.807, 2.05) is 0 Å². The van der Waals surface area contributed by atoms with Crippen molar-refractivity contribution in [3.63, 3.8) is 0 Å². The minimum atomic E-state index is -4.55. The van der Waals surface area contributed by atoms with Crippen LogP contribution in [0.3, 0.4) is 0 Å². The van der Waals surface area contributed by atoms with Crippen molar-refractivity contribution in [3.8, 4) is 11.4 Å². The Labute approximate surface area is 197 Å². The quantitative estimate of drug-likeness (QED) is 0.507. The Morgan fingerprint density at radius 1 is 1.12 bits per heavy atom. The molecule has 0 radical (unpaired) electrons. The molecule has 6 nitrogen and oxygen atoms in total. The Bertz CT molecular complexity index is 1240. The van der Waals surface area contributed by atoms with E-state index in [1.54, 1.807) is 17.0 Å². The molecule has 5 rings (SSSR count). The predicted molar refractivity (Wildman–Crippen MR) is 117 cm³/mol. The van der Waals surface area contributed by atoms with Gasteiger partial charge in [0, 0.05) is 30.7 Å². The van der Waals surface area contributed by atoms with E-state index in [1.165, 1.54) is 24.5 Å². The number of aromatic nitrogens is 3. The third kappa shape index (κ3) is 3.96. The van der Waals surface area contributed by atoms with Crippen molar-refractivity contribution in [3.05, 3.63) is 70.9 Å². The summed E-state index contributed by atoms with van der Waals surface area (Å²) in [5, 5.41) is 2.96. The number of nitrogens with zero attached hydrogens (tertiary/aromatic N) is 4. The van der Waals surface area contributed by atoms with Gasteiger partial charge in [0.25, 0.3) is 5.91 Å². The highest BCUT2D eigenvalue weighted by Gasteiger charge is 2.49. The summed E-state index contributed by atoms with van der Waals surface area (Å²) in [6, 6.07) is 6.09. The third-order valence-electron chi connectivity index (χ3n) is 6.30. The van der Waals surface area contributed by atoms with Crippen LogP contribution in [0.15, 0.2) is 48.9 Å². The summed E-state index contributed by atoms with van der Waals surface area (Å²) < 4.78 is 53.5. The van der Waals surface area contributed by atoms with E-state index in [9.17, 15) is 22.4 Å². The average Bonchev–Trinajstić information content (AvgIpc) is 3.37. The van der Waals surface area contributed by atoms with Gasteiger partial charge in [0.05, 0.1) is 27.8 Å². The minimum Gasteiger partial charge on any atom is -0.364 e. The van der Waals surface area contributed by atoms with Gasteiger partial charge in [0.1, 0.15) is 11.6 Å². The molecule has 0 spiro atoms. The SMILES string of the molecule is O=C(c1cccc(F)c1-c1ncccn1)N1C2CCC1C(Nc1ncc(C(F)(F)F)cc1Cl)C2. The van der Waals surface area contributed by atoms with Crippen LogP contribution in [-0.2, 0) is 6.18 Å². The molecule has 2 bridgehead atoms. The van der Waals surface area contributed by atoms with Crippen LogP contribution < -0.4 is 5.32 Å². The van der Waals surface area contributed by atoms with Gasteiger partial charge >= 0.3 is 6.18 Å². The molecule has 2 saturated heterocycles. The summed E-state index contributed by atoms with van der Waals surface area (Å²) >= 11 is 6.06. The largest absolute Gasteiger partial charge is 0.417 e. The standard InChI is InChI=1S/C23H18ClF4N5O/c24-15-9-12(23(26,27)28)11-31-20(15)32-17-10-13-5-6-18(17)33(13)22(34)14-3-1-4-16(25)19(14)21-29-7-2-8-30-21/h1-4,7-9,11,13,17-18H,5-6,10H2,(H,31,32). The lowest BCUT2D eigenvalue weighted by Gasteiger charge is -2.26. The number of hydrogen-bond donors (Lipinski definition) is 1. The van der Waals surface area contributed by atoms with Gasteiger partial charge in [-0.05, 0) is 43.5 Å². The number of pyridine rings is 1. The van der Waals surface area contributed by atoms with Gasteiger partial charge in [-0.25, -0.2) is 19.3 Å². The van der Waals surface area contributed by atoms with Crippen LogP contribution in [0, 0.1) is 5.82 Å². The number of carbonyl (C=O) groups excluding carboxylic acids is 1. The molecule has 4 heterocycles. The van der Waals surface area contributed by atoms with Crippen LogP contribution in [0.2, 0.25) is 5.02 Å². The summed E-state index contributed by atoms with van der Waals surface area (Å²) in [5.74, 6) is -0.695. The van der Waals surface area contributed by atoms with E-state index in [2.05, 4.69) is 20.3 Å². The monoisotopic (exact) mass is 491 g/mol. The maximum Gasteiger partial charge on any atom is 0.417 e. The highest BCUT2D eigenvalue weighted by molar-refractivity contribution is 6.33. The highest BCUT2D eigenvalue weighted by atomic mass is 35.5. The van der Waals surface area contributed by atoms with Crippen LogP contribution in [0.5, 0.6) is 0 Å². The number of carbonyl (C=O) groups is 1. The van der Waals surface area contributed by atoms with E-state index in [0.717, 1.165) is 18.7 Å². The zero-order valence-electron chi connectivity index (χ0n) is 17.6. The van der Waals surface area contributed by atoms with Gasteiger partial charge < -0.3 is 10.2 Å². The fraction of sp³-hybridized carbons (Fsp3) is 0.304. The number of benzene rings is 1. The Morgan fingerprint density at radius 2 is 1.88 bits per heavy atom. The van der Waals surface area contributed by atoms with Crippen LogP contribution in [0.25, 0.3) is 11.4 Å². The molecule has 2 aliphatic heterocycles. The van der Waals surface area contributed by atoms with E-state index in [-0.39, 0.29) is 51.8 Å². The molecule has 0 aliphatic carbocycles. The molecule has 1 aromatic carbocycles. The molecule has 3 unspecified atom stereocenters. The van der Waals surface area contributed by atoms with Gasteiger partial charge in [0.15, 0.2) is 5.82 Å². The fourth-order valence-electron chi connectivity index (χ4n) is 4.83. The summed E-state index contributed by atoms with van der Waals surface area (Å²) in [5.41, 5.74) is -0.736. The van der Waals surface area contributed by atoms with Crippen LogP contribution in [0.1, 0.15) is 35.2 Å². The number of fused-ring (bicyclic) bond motifs is 2. The van der Waals surface area contributed by atoms with Crippen molar-refractivity contribution in [1.82, 2.24) is 19.9 Å². The number of nitrogens with one attached hydrogen (secondary N) is 1. The normalized spacial score (nSPS) is 21.7. The minimum absolute atomic E-state index is 0.0383. The van der Waals surface area contributed by atoms with Crippen LogP contribution >= 0.6 is 11.6 Å². The smallest absolute Gasteiger partial charge is 0.364 e. The molecule has 2 aliphatic rings. The number of alkyl halides is 3. The van der Waals surface area contributed by atoms with Crippen LogP contribution in [0.4, 0.5) is 23.4 Å². The third-order valence-corrected chi connectivity index (χ3v) is 6.58. The first kappa shape index (κ1) is 22.5. The average molecular weight is 492 g/mol. The summed E-state index contributed by atoms with van der Waals surface area (Å²) in [7, 11) is 0. The maximum absolute atomic E-state index is 14.8. The number of rotatable bonds is 4. The lowest BCUT2D eigenvalue weighted by molar-refractivity contribution is -0.137. The lowest BCUT2D eigenvalue weighted by atomic mass is 9.95. The van der Waals surface area contributed by atoms with E-state index in [4.69, 9.17) is 11.6 Å². The first-order valence-electron chi connectivity index (χ1n) is 10.6. The second-order valence-electron chi connectivity index (χ2n) is 8.28. The van der Waals surface area contributed by atoms with E-state index in [0.29, 0.717) is 12.8 Å². The Balaban J connectivity index is 1.41. The number of amides is 1. The summed E-state index contributed by atoms with van der Waals surface area (Å²) in [4.78, 5) is 27.4. The van der Waals surface area contributed by atoms with Gasteiger partial charge in [-0.3, -0.25) is 4.79 Å². The Kier molecular flexibility index (Phi) is 5.63. The molecular formula is C23H18ClF4N5O. The Morgan fingerprint density at radius 3 is 2.59 bits per heavy atom. The number of anilines is 1. The zero-order valence-corrected chi connectivity index (χ0v) is 18.3. The van der Waals surface area contributed by atoms with Crippen molar-refractivity contribution >= 4 is 23.3 Å². The number of hydrogen-bond acceptors (Lipinski definition) is 5. The predicted octanol–water partition coefficient (Wildman–Crippen LogP) is 5.21.